The van der Waals surface area contributed by atoms with E-state index in [1.54, 1.807) is 0 Å². The average molecular weight is 268 g/mol. The van der Waals surface area contributed by atoms with Gasteiger partial charge in [-0.1, -0.05) is 19.1 Å². The van der Waals surface area contributed by atoms with Crippen LogP contribution in [0.4, 0.5) is 5.69 Å². The number of aryl methyl sites for hydroxylation is 1. The maximum Gasteiger partial charge on any atom is 0.253 e. The van der Waals surface area contributed by atoms with Crippen molar-refractivity contribution in [2.24, 2.45) is 5.92 Å². The number of amides is 1. The largest absolute Gasteiger partial charge is 0.368 e. The van der Waals surface area contributed by atoms with Gasteiger partial charge in [0, 0.05) is 18.2 Å². The van der Waals surface area contributed by atoms with Crippen molar-refractivity contribution in [1.82, 2.24) is 0 Å². The number of alkyl halides is 1. The summed E-state index contributed by atoms with van der Waals surface area (Å²) >= 11 is 5.68. The van der Waals surface area contributed by atoms with Crippen LogP contribution in [0.1, 0.15) is 18.9 Å². The molecule has 1 fully saturated rings. The molecule has 2 atom stereocenters. The number of hydrogen-bond acceptors (Lipinski definition) is 2. The maximum atomic E-state index is 12.0. The van der Waals surface area contributed by atoms with Crippen LogP contribution in [0.15, 0.2) is 24.3 Å². The van der Waals surface area contributed by atoms with Crippen LogP contribution in [0.25, 0.3) is 0 Å². The molecule has 0 radical (unpaired) electrons. The number of nitrogens with one attached hydrogen (secondary N) is 1. The quantitative estimate of drug-likeness (QED) is 0.852. The Morgan fingerprint density at radius 2 is 2.17 bits per heavy atom. The highest BCUT2D eigenvalue weighted by molar-refractivity contribution is 6.18. The lowest BCUT2D eigenvalue weighted by molar-refractivity contribution is -0.126. The zero-order chi connectivity index (χ0) is 13.0. The summed E-state index contributed by atoms with van der Waals surface area (Å²) in [5.41, 5.74) is 1.98. The molecule has 1 amide bonds. The van der Waals surface area contributed by atoms with Gasteiger partial charge in [-0.3, -0.25) is 4.79 Å². The molecule has 1 aromatic rings. The van der Waals surface area contributed by atoms with Gasteiger partial charge in [0.2, 0.25) is 0 Å². The average Bonchev–Trinajstić information content (AvgIpc) is 2.78. The lowest BCUT2D eigenvalue weighted by Crippen LogP contribution is -2.31. The molecule has 0 aromatic heterocycles. The van der Waals surface area contributed by atoms with Crippen molar-refractivity contribution in [3.8, 4) is 0 Å². The van der Waals surface area contributed by atoms with Gasteiger partial charge in [-0.05, 0) is 36.5 Å². The van der Waals surface area contributed by atoms with Crippen molar-refractivity contribution in [2.75, 3.05) is 17.8 Å². The molecule has 4 heteroatoms. The summed E-state index contributed by atoms with van der Waals surface area (Å²) in [5.74, 6) is 0.852. The van der Waals surface area contributed by atoms with Gasteiger partial charge in [0.05, 0.1) is 0 Å². The predicted octanol–water partition coefficient (Wildman–Crippen LogP) is 2.83. The third kappa shape index (κ3) is 3.24. The minimum atomic E-state index is -0.312. The van der Waals surface area contributed by atoms with Crippen LogP contribution >= 0.6 is 11.6 Å². The molecule has 1 saturated heterocycles. The summed E-state index contributed by atoms with van der Waals surface area (Å²) in [6, 6.07) is 7.77. The second-order valence-electron chi connectivity index (χ2n) is 4.68. The zero-order valence-electron chi connectivity index (χ0n) is 10.5. The van der Waals surface area contributed by atoms with E-state index in [1.807, 2.05) is 31.2 Å². The molecule has 1 aromatic carbocycles. The Labute approximate surface area is 112 Å². The molecule has 1 aliphatic rings. The number of benzene rings is 1. The molecule has 1 heterocycles. The number of hydrogen-bond donors (Lipinski definition) is 1. The highest BCUT2D eigenvalue weighted by Crippen LogP contribution is 2.21. The minimum absolute atomic E-state index is 0.0508. The van der Waals surface area contributed by atoms with Crippen LogP contribution in [-0.4, -0.2) is 24.5 Å². The monoisotopic (exact) mass is 267 g/mol. The van der Waals surface area contributed by atoms with Crippen LogP contribution in [0.5, 0.6) is 0 Å². The molecule has 0 bridgehead atoms. The standard InChI is InChI=1S/C14H18ClNO2/c1-10-7-9-18-13(10)14(17)16-12-4-2-11(3-5-12)6-8-15/h2-5,10,13H,6-9H2,1H3,(H,16,17). The van der Waals surface area contributed by atoms with Crippen molar-refractivity contribution in [2.45, 2.75) is 25.9 Å². The molecule has 98 valence electrons. The van der Waals surface area contributed by atoms with E-state index in [0.717, 1.165) is 18.5 Å². The molecule has 0 spiro atoms. The van der Waals surface area contributed by atoms with Crippen LogP contribution in [0.2, 0.25) is 0 Å². The molecule has 1 N–H and O–H groups in total. The van der Waals surface area contributed by atoms with E-state index in [0.29, 0.717) is 18.4 Å². The second-order valence-corrected chi connectivity index (χ2v) is 5.06. The van der Waals surface area contributed by atoms with Gasteiger partial charge in [0.15, 0.2) is 0 Å². The first-order valence-corrected chi connectivity index (χ1v) is 6.81. The Morgan fingerprint density at radius 3 is 2.72 bits per heavy atom. The van der Waals surface area contributed by atoms with Crippen molar-refractivity contribution in [3.05, 3.63) is 29.8 Å². The fourth-order valence-corrected chi connectivity index (χ4v) is 2.33. The normalized spacial score (nSPS) is 23.0. The first-order valence-electron chi connectivity index (χ1n) is 6.28. The predicted molar refractivity (Wildman–Crippen MR) is 73.0 cm³/mol. The number of carbonyl (C=O) groups is 1. The molecule has 3 nitrogen and oxygen atoms in total. The van der Waals surface area contributed by atoms with E-state index < -0.39 is 0 Å². The molecular weight excluding hydrogens is 250 g/mol. The van der Waals surface area contributed by atoms with Gasteiger partial charge < -0.3 is 10.1 Å². The van der Waals surface area contributed by atoms with Gasteiger partial charge >= 0.3 is 0 Å². The number of ether oxygens (including phenoxy) is 1. The fourth-order valence-electron chi connectivity index (χ4n) is 2.11. The molecular formula is C14H18ClNO2. The molecule has 1 aliphatic heterocycles. The SMILES string of the molecule is CC1CCOC1C(=O)Nc1ccc(CCCl)cc1. The van der Waals surface area contributed by atoms with E-state index >= 15 is 0 Å². The van der Waals surface area contributed by atoms with Gasteiger partial charge in [0.1, 0.15) is 6.10 Å². The summed E-state index contributed by atoms with van der Waals surface area (Å²) in [7, 11) is 0. The van der Waals surface area contributed by atoms with Crippen LogP contribution in [0.3, 0.4) is 0 Å². The Bertz CT molecular complexity index is 405. The smallest absolute Gasteiger partial charge is 0.253 e. The lowest BCUT2D eigenvalue weighted by Gasteiger charge is -2.14. The third-order valence-corrected chi connectivity index (χ3v) is 3.44. The van der Waals surface area contributed by atoms with Crippen molar-refractivity contribution in [1.29, 1.82) is 0 Å². The van der Waals surface area contributed by atoms with E-state index in [2.05, 4.69) is 5.32 Å². The first-order chi connectivity index (χ1) is 8.70. The summed E-state index contributed by atoms with van der Waals surface area (Å²) in [6.45, 7) is 2.72. The Hall–Kier alpha value is -1.06. The Morgan fingerprint density at radius 1 is 1.44 bits per heavy atom. The molecule has 2 unspecified atom stereocenters. The maximum absolute atomic E-state index is 12.0. The minimum Gasteiger partial charge on any atom is -0.368 e. The van der Waals surface area contributed by atoms with E-state index in [4.69, 9.17) is 16.3 Å². The highest BCUT2D eigenvalue weighted by atomic mass is 35.5. The number of halogens is 1. The van der Waals surface area contributed by atoms with E-state index in [1.165, 1.54) is 5.56 Å². The van der Waals surface area contributed by atoms with Gasteiger partial charge in [0.25, 0.3) is 5.91 Å². The molecule has 0 saturated carbocycles. The number of carbonyl (C=O) groups excluding carboxylic acids is 1. The highest BCUT2D eigenvalue weighted by Gasteiger charge is 2.30. The molecule has 18 heavy (non-hydrogen) atoms. The van der Waals surface area contributed by atoms with E-state index in [9.17, 15) is 4.79 Å². The number of rotatable bonds is 4. The second kappa shape index (κ2) is 6.21. The van der Waals surface area contributed by atoms with Crippen LogP contribution in [-0.2, 0) is 16.0 Å². The zero-order valence-corrected chi connectivity index (χ0v) is 11.2. The van der Waals surface area contributed by atoms with Gasteiger partial charge in [-0.25, -0.2) is 0 Å². The van der Waals surface area contributed by atoms with Crippen molar-refractivity contribution < 1.29 is 9.53 Å². The molecule has 2 rings (SSSR count). The summed E-state index contributed by atoms with van der Waals surface area (Å²) in [4.78, 5) is 12.0. The van der Waals surface area contributed by atoms with Gasteiger partial charge in [-0.15, -0.1) is 11.6 Å². The van der Waals surface area contributed by atoms with Gasteiger partial charge in [-0.2, -0.15) is 0 Å². The van der Waals surface area contributed by atoms with E-state index in [-0.39, 0.29) is 12.0 Å². The topological polar surface area (TPSA) is 38.3 Å². The first kappa shape index (κ1) is 13.4. The number of anilines is 1. The molecule has 0 aliphatic carbocycles. The summed E-state index contributed by atoms with van der Waals surface area (Å²) < 4.78 is 5.43. The van der Waals surface area contributed by atoms with Crippen LogP contribution in [0, 0.1) is 5.92 Å². The fraction of sp³-hybridized carbons (Fsp3) is 0.500. The van der Waals surface area contributed by atoms with Crippen molar-refractivity contribution >= 4 is 23.2 Å². The Kier molecular flexibility index (Phi) is 4.61. The lowest BCUT2D eigenvalue weighted by atomic mass is 10.0. The summed E-state index contributed by atoms with van der Waals surface area (Å²) in [5, 5.41) is 2.89. The summed E-state index contributed by atoms with van der Waals surface area (Å²) in [6.07, 6.45) is 1.48. The van der Waals surface area contributed by atoms with Crippen LogP contribution < -0.4 is 5.32 Å². The third-order valence-electron chi connectivity index (χ3n) is 3.25. The Balaban J connectivity index is 1.94. The van der Waals surface area contributed by atoms with Crippen molar-refractivity contribution in [3.63, 3.8) is 0 Å².